The number of ketones is 1. The Kier molecular flexibility index (Phi) is 2.85. The Morgan fingerprint density at radius 3 is 2.82 bits per heavy atom. The van der Waals surface area contributed by atoms with Crippen LogP contribution in [0.25, 0.3) is 11.1 Å². The van der Waals surface area contributed by atoms with Crippen LogP contribution in [-0.2, 0) is 7.05 Å². The van der Waals surface area contributed by atoms with Crippen molar-refractivity contribution in [2.24, 2.45) is 7.05 Å². The summed E-state index contributed by atoms with van der Waals surface area (Å²) in [5, 5.41) is 2.89. The van der Waals surface area contributed by atoms with E-state index in [0.29, 0.717) is 16.7 Å². The summed E-state index contributed by atoms with van der Waals surface area (Å²) < 4.78 is 6.39. The quantitative estimate of drug-likeness (QED) is 0.802. The summed E-state index contributed by atoms with van der Waals surface area (Å²) in [5.41, 5.74) is 1.69. The highest BCUT2D eigenvalue weighted by atomic mass is 16.4. The van der Waals surface area contributed by atoms with Crippen LogP contribution in [0, 0.1) is 0 Å². The molecule has 5 nitrogen and oxygen atoms in total. The smallest absolute Gasteiger partial charge is 0.408 e. The van der Waals surface area contributed by atoms with Gasteiger partial charge in [0.25, 0.3) is 0 Å². The summed E-state index contributed by atoms with van der Waals surface area (Å²) in [6.07, 6.45) is 0. The molecule has 1 aromatic carbocycles. The van der Waals surface area contributed by atoms with Gasteiger partial charge in [0.1, 0.15) is 0 Å². The van der Waals surface area contributed by atoms with Gasteiger partial charge in [0.05, 0.1) is 11.6 Å². The van der Waals surface area contributed by atoms with Gasteiger partial charge in [-0.1, -0.05) is 0 Å². The van der Waals surface area contributed by atoms with E-state index in [0.717, 1.165) is 0 Å². The van der Waals surface area contributed by atoms with Gasteiger partial charge < -0.3 is 9.73 Å². The van der Waals surface area contributed by atoms with E-state index in [-0.39, 0.29) is 11.8 Å². The van der Waals surface area contributed by atoms with E-state index in [1.54, 1.807) is 39.2 Å². The molecule has 0 aliphatic rings. The molecule has 1 unspecified atom stereocenters. The number of nitrogens with zero attached hydrogens (tertiary/aromatic N) is 1. The Labute approximate surface area is 98.0 Å². The molecule has 0 saturated carbocycles. The number of benzene rings is 1. The average Bonchev–Trinajstić information content (AvgIpc) is 2.63. The number of hydrogen-bond acceptors (Lipinski definition) is 4. The molecule has 0 fully saturated rings. The summed E-state index contributed by atoms with van der Waals surface area (Å²) in [6.45, 7) is 1.79. The standard InChI is InChI=1S/C12H14N2O3/c1-7(13-2)11(15)8-4-5-10-9(6-8)14(3)12(16)17-10/h4-7,13H,1-3H3. The highest BCUT2D eigenvalue weighted by molar-refractivity contribution is 6.01. The minimum Gasteiger partial charge on any atom is -0.408 e. The van der Waals surface area contributed by atoms with Gasteiger partial charge in [-0.05, 0) is 32.2 Å². The lowest BCUT2D eigenvalue weighted by Crippen LogP contribution is -2.30. The lowest BCUT2D eigenvalue weighted by molar-refractivity contribution is 0.0955. The highest BCUT2D eigenvalue weighted by Crippen LogP contribution is 2.15. The molecule has 0 aliphatic carbocycles. The second-order valence-corrected chi connectivity index (χ2v) is 3.98. The highest BCUT2D eigenvalue weighted by Gasteiger charge is 2.15. The molecule has 1 N–H and O–H groups in total. The zero-order valence-corrected chi connectivity index (χ0v) is 9.98. The summed E-state index contributed by atoms with van der Waals surface area (Å²) in [5.74, 6) is -0.436. The zero-order valence-electron chi connectivity index (χ0n) is 9.98. The van der Waals surface area contributed by atoms with Crippen LogP contribution in [0.1, 0.15) is 17.3 Å². The van der Waals surface area contributed by atoms with Gasteiger partial charge in [-0.2, -0.15) is 0 Å². The average molecular weight is 234 g/mol. The van der Waals surface area contributed by atoms with Crippen molar-refractivity contribution in [1.29, 1.82) is 0 Å². The van der Waals surface area contributed by atoms with Crippen molar-refractivity contribution in [2.75, 3.05) is 7.05 Å². The van der Waals surface area contributed by atoms with Crippen LogP contribution in [0.15, 0.2) is 27.4 Å². The maximum absolute atomic E-state index is 12.0. The SMILES string of the molecule is CNC(C)C(=O)c1ccc2oc(=O)n(C)c2c1. The second kappa shape index (κ2) is 4.18. The molecule has 0 amide bonds. The lowest BCUT2D eigenvalue weighted by atomic mass is 10.1. The van der Waals surface area contributed by atoms with Crippen molar-refractivity contribution in [3.05, 3.63) is 34.3 Å². The fourth-order valence-corrected chi connectivity index (χ4v) is 1.66. The maximum Gasteiger partial charge on any atom is 0.419 e. The van der Waals surface area contributed by atoms with Crippen LogP contribution >= 0.6 is 0 Å². The van der Waals surface area contributed by atoms with Crippen LogP contribution < -0.4 is 11.1 Å². The molecule has 0 spiro atoms. The number of carbonyl (C=O) groups is 1. The first-order valence-electron chi connectivity index (χ1n) is 5.35. The van der Waals surface area contributed by atoms with E-state index in [4.69, 9.17) is 4.42 Å². The molecule has 90 valence electrons. The predicted octanol–water partition coefficient (Wildman–Crippen LogP) is 0.922. The fraction of sp³-hybridized carbons (Fsp3) is 0.333. The maximum atomic E-state index is 12.0. The summed E-state index contributed by atoms with van der Waals surface area (Å²) in [7, 11) is 3.35. The van der Waals surface area contributed by atoms with Crippen molar-refractivity contribution < 1.29 is 9.21 Å². The van der Waals surface area contributed by atoms with Crippen LogP contribution in [-0.4, -0.2) is 23.4 Å². The normalized spacial score (nSPS) is 12.9. The number of rotatable bonds is 3. The molecule has 17 heavy (non-hydrogen) atoms. The van der Waals surface area contributed by atoms with Gasteiger partial charge in [-0.15, -0.1) is 0 Å². The molecular weight excluding hydrogens is 220 g/mol. The van der Waals surface area contributed by atoms with Gasteiger partial charge in [0.2, 0.25) is 0 Å². The molecule has 1 heterocycles. The lowest BCUT2D eigenvalue weighted by Gasteiger charge is -2.08. The molecule has 2 aromatic rings. The Bertz CT molecular complexity index is 624. The van der Waals surface area contributed by atoms with Crippen molar-refractivity contribution in [3.8, 4) is 0 Å². The summed E-state index contributed by atoms with van der Waals surface area (Å²) in [6, 6.07) is 4.74. The van der Waals surface area contributed by atoms with E-state index in [1.807, 2.05) is 0 Å². The van der Waals surface area contributed by atoms with E-state index in [9.17, 15) is 9.59 Å². The van der Waals surface area contributed by atoms with Crippen molar-refractivity contribution in [1.82, 2.24) is 9.88 Å². The fourth-order valence-electron chi connectivity index (χ4n) is 1.66. The number of Topliss-reactive ketones (excluding diaryl/α,β-unsaturated/α-hetero) is 1. The number of hydrogen-bond donors (Lipinski definition) is 1. The first-order chi connectivity index (χ1) is 8.04. The van der Waals surface area contributed by atoms with E-state index in [2.05, 4.69) is 5.32 Å². The molecular formula is C12H14N2O3. The van der Waals surface area contributed by atoms with Crippen molar-refractivity contribution >= 4 is 16.9 Å². The molecule has 0 bridgehead atoms. The minimum absolute atomic E-state index is 0.0111. The van der Waals surface area contributed by atoms with E-state index in [1.165, 1.54) is 4.57 Å². The van der Waals surface area contributed by atoms with Gasteiger partial charge in [-0.25, -0.2) is 4.79 Å². The monoisotopic (exact) mass is 234 g/mol. The molecule has 0 radical (unpaired) electrons. The van der Waals surface area contributed by atoms with Crippen LogP contribution in [0.5, 0.6) is 0 Å². The number of likely N-dealkylation sites (N-methyl/N-ethyl adjacent to an activating group) is 1. The van der Waals surface area contributed by atoms with Gasteiger partial charge in [0, 0.05) is 12.6 Å². The van der Waals surface area contributed by atoms with Gasteiger partial charge in [0.15, 0.2) is 11.4 Å². The van der Waals surface area contributed by atoms with Crippen molar-refractivity contribution in [2.45, 2.75) is 13.0 Å². The topological polar surface area (TPSA) is 64.2 Å². The van der Waals surface area contributed by atoms with Gasteiger partial charge >= 0.3 is 5.76 Å². The molecule has 0 saturated heterocycles. The molecule has 5 heteroatoms. The third-order valence-electron chi connectivity index (χ3n) is 2.90. The van der Waals surface area contributed by atoms with Crippen LogP contribution in [0.3, 0.4) is 0 Å². The largest absolute Gasteiger partial charge is 0.419 e. The number of aromatic nitrogens is 1. The Hall–Kier alpha value is -1.88. The first-order valence-corrected chi connectivity index (χ1v) is 5.35. The Morgan fingerprint density at radius 2 is 2.18 bits per heavy atom. The van der Waals surface area contributed by atoms with Crippen LogP contribution in [0.4, 0.5) is 0 Å². The Morgan fingerprint density at radius 1 is 1.47 bits per heavy atom. The van der Waals surface area contributed by atoms with E-state index >= 15 is 0 Å². The van der Waals surface area contributed by atoms with Crippen LogP contribution in [0.2, 0.25) is 0 Å². The summed E-state index contributed by atoms with van der Waals surface area (Å²) >= 11 is 0. The number of nitrogens with one attached hydrogen (secondary N) is 1. The molecule has 0 aliphatic heterocycles. The third-order valence-corrected chi connectivity index (χ3v) is 2.90. The molecule has 2 rings (SSSR count). The second-order valence-electron chi connectivity index (χ2n) is 3.98. The third kappa shape index (κ3) is 1.89. The number of carbonyl (C=O) groups excluding carboxylic acids is 1. The predicted molar refractivity (Wildman–Crippen MR) is 64.3 cm³/mol. The van der Waals surface area contributed by atoms with Crippen molar-refractivity contribution in [3.63, 3.8) is 0 Å². The Balaban J connectivity index is 2.54. The number of fused-ring (bicyclic) bond motifs is 1. The zero-order chi connectivity index (χ0) is 12.6. The van der Waals surface area contributed by atoms with Gasteiger partial charge in [-0.3, -0.25) is 9.36 Å². The number of aryl methyl sites for hydroxylation is 1. The number of oxazole rings is 1. The van der Waals surface area contributed by atoms with E-state index < -0.39 is 5.76 Å². The molecule has 1 aromatic heterocycles. The molecule has 1 atom stereocenters. The summed E-state index contributed by atoms with van der Waals surface area (Å²) in [4.78, 5) is 23.3. The minimum atomic E-state index is -0.425. The first kappa shape index (κ1) is 11.6.